The van der Waals surface area contributed by atoms with Gasteiger partial charge in [0, 0.05) is 31.4 Å². The second-order valence-electron chi connectivity index (χ2n) is 4.46. The minimum Gasteiger partial charge on any atom is -0.355 e. The number of amides is 1. The van der Waals surface area contributed by atoms with Gasteiger partial charge in [0.2, 0.25) is 5.91 Å². The third-order valence-corrected chi connectivity index (χ3v) is 3.62. The molecular weight excluding hydrogens is 248 g/mol. The van der Waals surface area contributed by atoms with E-state index in [9.17, 15) is 4.79 Å². The van der Waals surface area contributed by atoms with Gasteiger partial charge in [0.1, 0.15) is 0 Å². The first-order chi connectivity index (χ1) is 8.84. The van der Waals surface area contributed by atoms with Crippen LogP contribution in [0.2, 0.25) is 0 Å². The van der Waals surface area contributed by atoms with Crippen molar-refractivity contribution in [3.8, 4) is 0 Å². The summed E-state index contributed by atoms with van der Waals surface area (Å²) < 4.78 is 0. The van der Waals surface area contributed by atoms with Crippen molar-refractivity contribution in [1.29, 1.82) is 0 Å². The van der Waals surface area contributed by atoms with E-state index in [1.54, 1.807) is 11.3 Å². The number of nitrogens with one attached hydrogen (secondary N) is 2. The second-order valence-corrected chi connectivity index (χ2v) is 5.18. The second kappa shape index (κ2) is 7.45. The molecule has 1 fully saturated rings. The molecule has 2 heterocycles. The van der Waals surface area contributed by atoms with Crippen LogP contribution in [-0.2, 0) is 11.2 Å². The Bertz CT molecular complexity index is 347. The first-order valence-corrected chi connectivity index (χ1v) is 7.36. The quantitative estimate of drug-likeness (QED) is 0.795. The van der Waals surface area contributed by atoms with Crippen LogP contribution in [0, 0.1) is 0 Å². The van der Waals surface area contributed by atoms with Gasteiger partial charge in [-0.3, -0.25) is 9.69 Å². The number of carbonyl (C=O) groups is 1. The largest absolute Gasteiger partial charge is 0.355 e. The molecule has 1 aliphatic heterocycles. The van der Waals surface area contributed by atoms with Crippen molar-refractivity contribution in [2.75, 3.05) is 39.3 Å². The first kappa shape index (κ1) is 13.5. The lowest BCUT2D eigenvalue weighted by Crippen LogP contribution is -2.39. The minimum atomic E-state index is 0.118. The molecule has 0 unspecified atom stereocenters. The standard InChI is InChI=1S/C12H20N4OS/c17-12(8-16-6-1-3-13-5-7-16)14-4-2-11-9-18-10-15-11/h9-10,13H,1-8H2,(H,14,17). The van der Waals surface area contributed by atoms with Gasteiger partial charge in [-0.15, -0.1) is 11.3 Å². The van der Waals surface area contributed by atoms with E-state index in [2.05, 4.69) is 20.5 Å². The van der Waals surface area contributed by atoms with Crippen LogP contribution < -0.4 is 10.6 Å². The average Bonchev–Trinajstić information content (AvgIpc) is 2.74. The van der Waals surface area contributed by atoms with Crippen molar-refractivity contribution < 1.29 is 4.79 Å². The van der Waals surface area contributed by atoms with Gasteiger partial charge in [-0.1, -0.05) is 0 Å². The highest BCUT2D eigenvalue weighted by molar-refractivity contribution is 7.07. The van der Waals surface area contributed by atoms with E-state index in [-0.39, 0.29) is 5.91 Å². The van der Waals surface area contributed by atoms with Gasteiger partial charge in [-0.25, -0.2) is 4.98 Å². The highest BCUT2D eigenvalue weighted by Gasteiger charge is 2.12. The molecular formula is C12H20N4OS. The van der Waals surface area contributed by atoms with Crippen molar-refractivity contribution in [3.05, 3.63) is 16.6 Å². The molecule has 0 atom stereocenters. The maximum Gasteiger partial charge on any atom is 0.234 e. The van der Waals surface area contributed by atoms with E-state index < -0.39 is 0 Å². The van der Waals surface area contributed by atoms with Crippen molar-refractivity contribution in [3.63, 3.8) is 0 Å². The summed E-state index contributed by atoms with van der Waals surface area (Å²) >= 11 is 1.59. The van der Waals surface area contributed by atoms with E-state index in [0.717, 1.165) is 44.7 Å². The van der Waals surface area contributed by atoms with Crippen LogP contribution in [-0.4, -0.2) is 55.1 Å². The van der Waals surface area contributed by atoms with Crippen molar-refractivity contribution >= 4 is 17.2 Å². The average molecular weight is 268 g/mol. The molecule has 0 bridgehead atoms. The minimum absolute atomic E-state index is 0.118. The van der Waals surface area contributed by atoms with E-state index in [1.807, 2.05) is 10.9 Å². The highest BCUT2D eigenvalue weighted by Crippen LogP contribution is 2.00. The van der Waals surface area contributed by atoms with Crippen molar-refractivity contribution in [1.82, 2.24) is 20.5 Å². The molecule has 0 spiro atoms. The Kier molecular flexibility index (Phi) is 5.57. The van der Waals surface area contributed by atoms with Crippen LogP contribution in [0.3, 0.4) is 0 Å². The normalized spacial score (nSPS) is 17.3. The van der Waals surface area contributed by atoms with Crippen LogP contribution in [0.5, 0.6) is 0 Å². The van der Waals surface area contributed by atoms with Crippen molar-refractivity contribution in [2.24, 2.45) is 0 Å². The van der Waals surface area contributed by atoms with Gasteiger partial charge >= 0.3 is 0 Å². The molecule has 0 radical (unpaired) electrons. The fourth-order valence-corrected chi connectivity index (χ4v) is 2.60. The predicted octanol–water partition coefficient (Wildman–Crippen LogP) is 0.0971. The Labute approximate surface area is 112 Å². The summed E-state index contributed by atoms with van der Waals surface area (Å²) in [6, 6.07) is 0. The van der Waals surface area contributed by atoms with Crippen molar-refractivity contribution in [2.45, 2.75) is 12.8 Å². The zero-order chi connectivity index (χ0) is 12.6. The molecule has 0 saturated carbocycles. The maximum absolute atomic E-state index is 11.8. The van der Waals surface area contributed by atoms with Gasteiger partial charge in [-0.2, -0.15) is 0 Å². The lowest BCUT2D eigenvalue weighted by molar-refractivity contribution is -0.122. The molecule has 18 heavy (non-hydrogen) atoms. The molecule has 6 heteroatoms. The molecule has 0 aromatic carbocycles. The summed E-state index contributed by atoms with van der Waals surface area (Å²) in [5, 5.41) is 8.30. The zero-order valence-corrected chi connectivity index (χ0v) is 11.3. The molecule has 0 aliphatic carbocycles. The fraction of sp³-hybridized carbons (Fsp3) is 0.667. The van der Waals surface area contributed by atoms with Gasteiger partial charge < -0.3 is 10.6 Å². The van der Waals surface area contributed by atoms with Gasteiger partial charge in [0.15, 0.2) is 0 Å². The maximum atomic E-state index is 11.8. The molecule has 2 N–H and O–H groups in total. The molecule has 1 amide bonds. The van der Waals surface area contributed by atoms with E-state index in [1.165, 1.54) is 0 Å². The van der Waals surface area contributed by atoms with Gasteiger partial charge in [-0.05, 0) is 19.5 Å². The Morgan fingerprint density at radius 1 is 1.50 bits per heavy atom. The number of rotatable bonds is 5. The number of aromatic nitrogens is 1. The fourth-order valence-electron chi connectivity index (χ4n) is 2.01. The topological polar surface area (TPSA) is 57.3 Å². The van der Waals surface area contributed by atoms with Crippen LogP contribution in [0.1, 0.15) is 12.1 Å². The molecule has 5 nitrogen and oxygen atoms in total. The third kappa shape index (κ3) is 4.72. The van der Waals surface area contributed by atoms with Crippen LogP contribution in [0.15, 0.2) is 10.9 Å². The number of nitrogens with zero attached hydrogens (tertiary/aromatic N) is 2. The zero-order valence-electron chi connectivity index (χ0n) is 10.5. The van der Waals surface area contributed by atoms with Crippen LogP contribution in [0.4, 0.5) is 0 Å². The van der Waals surface area contributed by atoms with E-state index in [0.29, 0.717) is 13.1 Å². The lowest BCUT2D eigenvalue weighted by atomic mass is 10.3. The first-order valence-electron chi connectivity index (χ1n) is 6.41. The molecule has 2 rings (SSSR count). The van der Waals surface area contributed by atoms with Crippen LogP contribution in [0.25, 0.3) is 0 Å². The summed E-state index contributed by atoms with van der Waals surface area (Å²) in [4.78, 5) is 18.2. The van der Waals surface area contributed by atoms with Gasteiger partial charge in [0.05, 0.1) is 17.7 Å². The highest BCUT2D eigenvalue weighted by atomic mass is 32.1. The molecule has 1 aliphatic rings. The Balaban J connectivity index is 1.62. The number of hydrogen-bond acceptors (Lipinski definition) is 5. The summed E-state index contributed by atoms with van der Waals surface area (Å²) in [7, 11) is 0. The van der Waals surface area contributed by atoms with Crippen LogP contribution >= 0.6 is 11.3 Å². The number of thiazole rings is 1. The Hall–Kier alpha value is -0.980. The molecule has 1 aromatic rings. The molecule has 100 valence electrons. The third-order valence-electron chi connectivity index (χ3n) is 2.99. The summed E-state index contributed by atoms with van der Waals surface area (Å²) in [6.45, 7) is 5.19. The summed E-state index contributed by atoms with van der Waals surface area (Å²) in [5.74, 6) is 0.118. The van der Waals surface area contributed by atoms with E-state index in [4.69, 9.17) is 0 Å². The summed E-state index contributed by atoms with van der Waals surface area (Å²) in [6.07, 6.45) is 1.93. The SMILES string of the molecule is O=C(CN1CCCNCC1)NCCc1cscn1. The van der Waals surface area contributed by atoms with Gasteiger partial charge in [0.25, 0.3) is 0 Å². The monoisotopic (exact) mass is 268 g/mol. The Morgan fingerprint density at radius 3 is 3.28 bits per heavy atom. The van der Waals surface area contributed by atoms with E-state index >= 15 is 0 Å². The smallest absolute Gasteiger partial charge is 0.234 e. The predicted molar refractivity (Wildman–Crippen MR) is 72.8 cm³/mol. The Morgan fingerprint density at radius 2 is 2.44 bits per heavy atom. The number of hydrogen-bond donors (Lipinski definition) is 2. The molecule has 1 saturated heterocycles. The molecule has 1 aromatic heterocycles. The lowest BCUT2D eigenvalue weighted by Gasteiger charge is -2.18. The number of carbonyl (C=O) groups excluding carboxylic acids is 1. The summed E-state index contributed by atoms with van der Waals surface area (Å²) in [5.41, 5.74) is 2.88.